The summed E-state index contributed by atoms with van der Waals surface area (Å²) < 4.78 is 0. The highest BCUT2D eigenvalue weighted by molar-refractivity contribution is 5.56. The van der Waals surface area contributed by atoms with Gasteiger partial charge in [0.25, 0.3) is 0 Å². The summed E-state index contributed by atoms with van der Waals surface area (Å²) in [6.07, 6.45) is 1.97. The number of nitrogens with one attached hydrogen (secondary N) is 1. The Morgan fingerprint density at radius 1 is 1.11 bits per heavy atom. The highest BCUT2D eigenvalue weighted by Gasteiger charge is 2.38. The predicted octanol–water partition coefficient (Wildman–Crippen LogP) is 3.24. The van der Waals surface area contributed by atoms with Gasteiger partial charge in [-0.1, -0.05) is 42.5 Å². The number of para-hydroxylation sites is 1. The third kappa shape index (κ3) is 2.02. The number of aliphatic hydroxyl groups excluding tert-OH is 1. The molecule has 1 aliphatic rings. The van der Waals surface area contributed by atoms with Crippen LogP contribution in [0.25, 0.3) is 0 Å². The van der Waals surface area contributed by atoms with Gasteiger partial charge < -0.3 is 10.4 Å². The molecule has 1 atom stereocenters. The average molecular weight is 253 g/mol. The molecule has 2 aromatic carbocycles. The second-order valence-corrected chi connectivity index (χ2v) is 5.34. The quantitative estimate of drug-likeness (QED) is 0.880. The maximum absolute atomic E-state index is 9.95. The lowest BCUT2D eigenvalue weighted by molar-refractivity contribution is 0.211. The Bertz CT molecular complexity index is 593. The fraction of sp³-hybridized carbons (Fsp3) is 0.294. The van der Waals surface area contributed by atoms with Crippen molar-refractivity contribution in [1.82, 2.24) is 0 Å². The fourth-order valence-corrected chi connectivity index (χ4v) is 2.99. The van der Waals surface area contributed by atoms with Gasteiger partial charge in [0.05, 0.1) is 12.1 Å². The summed E-state index contributed by atoms with van der Waals surface area (Å²) in [7, 11) is 0. The maximum Gasteiger partial charge on any atom is 0.0862 e. The molecule has 0 fully saturated rings. The number of hydrogen-bond donors (Lipinski definition) is 2. The zero-order valence-corrected chi connectivity index (χ0v) is 11.2. The van der Waals surface area contributed by atoms with E-state index in [1.54, 1.807) is 0 Å². The van der Waals surface area contributed by atoms with Crippen molar-refractivity contribution in [2.24, 2.45) is 0 Å². The van der Waals surface area contributed by atoms with Crippen molar-refractivity contribution in [3.8, 4) is 0 Å². The van der Waals surface area contributed by atoms with Crippen LogP contribution in [-0.4, -0.2) is 11.7 Å². The van der Waals surface area contributed by atoms with Crippen LogP contribution in [0.5, 0.6) is 0 Å². The Labute approximate surface area is 114 Å². The molecule has 1 aliphatic carbocycles. The van der Waals surface area contributed by atoms with E-state index in [2.05, 4.69) is 42.6 Å². The largest absolute Gasteiger partial charge is 0.394 e. The lowest BCUT2D eigenvalue weighted by Gasteiger charge is -2.31. The molecule has 0 aliphatic heterocycles. The van der Waals surface area contributed by atoms with Gasteiger partial charge >= 0.3 is 0 Å². The monoisotopic (exact) mass is 253 g/mol. The van der Waals surface area contributed by atoms with E-state index < -0.39 is 0 Å². The Kier molecular flexibility index (Phi) is 3.03. The van der Waals surface area contributed by atoms with E-state index in [0.29, 0.717) is 0 Å². The van der Waals surface area contributed by atoms with Crippen LogP contribution in [0.15, 0.2) is 48.5 Å². The van der Waals surface area contributed by atoms with E-state index in [1.165, 1.54) is 16.7 Å². The average Bonchev–Trinajstić information content (AvgIpc) is 2.81. The zero-order valence-electron chi connectivity index (χ0n) is 11.2. The van der Waals surface area contributed by atoms with E-state index in [9.17, 15) is 5.11 Å². The molecule has 98 valence electrons. The van der Waals surface area contributed by atoms with Crippen molar-refractivity contribution < 1.29 is 5.11 Å². The molecular weight excluding hydrogens is 234 g/mol. The van der Waals surface area contributed by atoms with Gasteiger partial charge in [-0.2, -0.15) is 0 Å². The fourth-order valence-electron chi connectivity index (χ4n) is 2.99. The van der Waals surface area contributed by atoms with Crippen LogP contribution in [-0.2, 0) is 12.0 Å². The molecule has 0 amide bonds. The van der Waals surface area contributed by atoms with E-state index in [-0.39, 0.29) is 12.1 Å². The summed E-state index contributed by atoms with van der Waals surface area (Å²) in [6, 6.07) is 16.6. The highest BCUT2D eigenvalue weighted by Crippen LogP contribution is 2.39. The first kappa shape index (κ1) is 12.2. The van der Waals surface area contributed by atoms with Crippen LogP contribution in [0.4, 0.5) is 5.69 Å². The van der Waals surface area contributed by atoms with Crippen LogP contribution in [0.3, 0.4) is 0 Å². The van der Waals surface area contributed by atoms with Crippen molar-refractivity contribution in [1.29, 1.82) is 0 Å². The smallest absolute Gasteiger partial charge is 0.0862 e. The minimum atomic E-state index is -0.331. The molecule has 0 aromatic heterocycles. The van der Waals surface area contributed by atoms with Crippen molar-refractivity contribution >= 4 is 5.69 Å². The molecule has 3 rings (SSSR count). The SMILES string of the molecule is Cc1ccccc1NC1(CO)CCc2ccccc21. The Hall–Kier alpha value is -1.80. The minimum absolute atomic E-state index is 0.123. The summed E-state index contributed by atoms with van der Waals surface area (Å²) in [4.78, 5) is 0. The van der Waals surface area contributed by atoms with Crippen LogP contribution in [0, 0.1) is 6.92 Å². The zero-order chi connectivity index (χ0) is 13.3. The first-order valence-corrected chi connectivity index (χ1v) is 6.78. The standard InChI is InChI=1S/C17H19NO/c1-13-6-2-5-9-16(13)18-17(12-19)11-10-14-7-3-4-8-15(14)17/h2-9,18-19H,10-12H2,1H3. The Morgan fingerprint density at radius 2 is 1.84 bits per heavy atom. The normalized spacial score (nSPS) is 21.2. The van der Waals surface area contributed by atoms with E-state index in [1.807, 2.05) is 18.2 Å². The van der Waals surface area contributed by atoms with Gasteiger partial charge in [-0.3, -0.25) is 0 Å². The molecule has 0 spiro atoms. The predicted molar refractivity (Wildman–Crippen MR) is 78.3 cm³/mol. The number of fused-ring (bicyclic) bond motifs is 1. The second-order valence-electron chi connectivity index (χ2n) is 5.34. The maximum atomic E-state index is 9.95. The topological polar surface area (TPSA) is 32.3 Å². The van der Waals surface area contributed by atoms with Crippen LogP contribution in [0.1, 0.15) is 23.1 Å². The molecule has 2 nitrogen and oxygen atoms in total. The molecule has 0 bridgehead atoms. The van der Waals surface area contributed by atoms with Gasteiger partial charge in [-0.25, -0.2) is 0 Å². The number of aliphatic hydroxyl groups is 1. The third-order valence-electron chi connectivity index (χ3n) is 4.14. The second kappa shape index (κ2) is 4.71. The molecule has 2 N–H and O–H groups in total. The summed E-state index contributed by atoms with van der Waals surface area (Å²) in [6.45, 7) is 2.21. The number of rotatable bonds is 3. The molecule has 2 aromatic rings. The Balaban J connectivity index is 2.00. The first-order chi connectivity index (χ1) is 9.25. The molecule has 19 heavy (non-hydrogen) atoms. The molecule has 0 radical (unpaired) electrons. The van der Waals surface area contributed by atoms with E-state index in [0.717, 1.165) is 18.5 Å². The van der Waals surface area contributed by atoms with Gasteiger partial charge in [0.1, 0.15) is 0 Å². The number of benzene rings is 2. The van der Waals surface area contributed by atoms with E-state index >= 15 is 0 Å². The summed E-state index contributed by atoms with van der Waals surface area (Å²) in [5.41, 5.74) is 4.56. The van der Waals surface area contributed by atoms with Crippen molar-refractivity contribution in [3.05, 3.63) is 65.2 Å². The molecule has 2 heteroatoms. The van der Waals surface area contributed by atoms with Gasteiger partial charge in [-0.05, 0) is 42.5 Å². The van der Waals surface area contributed by atoms with Crippen molar-refractivity contribution in [2.45, 2.75) is 25.3 Å². The lowest BCUT2D eigenvalue weighted by atomic mass is 9.92. The number of anilines is 1. The molecule has 0 saturated carbocycles. The highest BCUT2D eigenvalue weighted by atomic mass is 16.3. The van der Waals surface area contributed by atoms with Gasteiger partial charge in [0.2, 0.25) is 0 Å². The molecule has 0 heterocycles. The van der Waals surface area contributed by atoms with Gasteiger partial charge in [-0.15, -0.1) is 0 Å². The lowest BCUT2D eigenvalue weighted by Crippen LogP contribution is -2.37. The summed E-state index contributed by atoms with van der Waals surface area (Å²) in [5.74, 6) is 0. The molecular formula is C17H19NO. The van der Waals surface area contributed by atoms with Crippen LogP contribution in [0.2, 0.25) is 0 Å². The van der Waals surface area contributed by atoms with Crippen molar-refractivity contribution in [2.75, 3.05) is 11.9 Å². The third-order valence-corrected chi connectivity index (χ3v) is 4.14. The van der Waals surface area contributed by atoms with Crippen molar-refractivity contribution in [3.63, 3.8) is 0 Å². The summed E-state index contributed by atoms with van der Waals surface area (Å²) in [5, 5.41) is 13.5. The molecule has 0 saturated heterocycles. The number of hydrogen-bond acceptors (Lipinski definition) is 2. The van der Waals surface area contributed by atoms with Crippen LogP contribution < -0.4 is 5.32 Å². The first-order valence-electron chi connectivity index (χ1n) is 6.78. The number of aryl methyl sites for hydroxylation is 2. The minimum Gasteiger partial charge on any atom is -0.394 e. The van der Waals surface area contributed by atoms with Crippen LogP contribution >= 0.6 is 0 Å². The van der Waals surface area contributed by atoms with E-state index in [4.69, 9.17) is 0 Å². The van der Waals surface area contributed by atoms with Gasteiger partial charge in [0, 0.05) is 5.69 Å². The Morgan fingerprint density at radius 3 is 2.63 bits per heavy atom. The van der Waals surface area contributed by atoms with Gasteiger partial charge in [0.15, 0.2) is 0 Å². The molecule has 1 unspecified atom stereocenters. The summed E-state index contributed by atoms with van der Waals surface area (Å²) >= 11 is 0.